The topological polar surface area (TPSA) is 93.7 Å². The summed E-state index contributed by atoms with van der Waals surface area (Å²) in [6.07, 6.45) is 1.24. The van der Waals surface area contributed by atoms with Crippen molar-refractivity contribution < 1.29 is 23.9 Å². The fourth-order valence-corrected chi connectivity index (χ4v) is 4.42. The number of carbonyl (C=O) groups is 3. The number of amides is 2. The first-order chi connectivity index (χ1) is 18.9. The molecule has 39 heavy (non-hydrogen) atoms. The summed E-state index contributed by atoms with van der Waals surface area (Å²) >= 11 is 3.41. The fourth-order valence-electron chi connectivity index (χ4n) is 4.02. The van der Waals surface area contributed by atoms with Gasteiger partial charge in [0.05, 0.1) is 0 Å². The quantitative estimate of drug-likeness (QED) is 0.180. The summed E-state index contributed by atoms with van der Waals surface area (Å²) in [5, 5.41) is 7.69. The molecular weight excluding hydrogens is 560 g/mol. The minimum atomic E-state index is -0.528. The summed E-state index contributed by atoms with van der Waals surface area (Å²) in [5.74, 6) is 0.256. The van der Waals surface area contributed by atoms with Crippen molar-refractivity contribution in [3.8, 4) is 11.5 Å². The SMILES string of the molecule is CCc1cc(Br)ccc1NC(=O)COC(=O)CCCC(=O)Nc1ccc(Oc2cccc3ccccc23)cc1. The van der Waals surface area contributed by atoms with Gasteiger partial charge in [-0.25, -0.2) is 0 Å². The summed E-state index contributed by atoms with van der Waals surface area (Å²) < 4.78 is 12.0. The number of benzene rings is 4. The molecule has 0 aliphatic heterocycles. The van der Waals surface area contributed by atoms with Gasteiger partial charge in [0, 0.05) is 34.1 Å². The first-order valence-electron chi connectivity index (χ1n) is 12.7. The number of ether oxygens (including phenoxy) is 2. The highest BCUT2D eigenvalue weighted by Crippen LogP contribution is 2.30. The molecule has 4 rings (SSSR count). The number of esters is 1. The highest BCUT2D eigenvalue weighted by atomic mass is 79.9. The van der Waals surface area contributed by atoms with E-state index in [0.29, 0.717) is 23.5 Å². The normalized spacial score (nSPS) is 10.6. The number of carbonyl (C=O) groups excluding carboxylic acids is 3. The molecule has 0 radical (unpaired) electrons. The molecule has 4 aromatic rings. The molecular formula is C31H29BrN2O5. The van der Waals surface area contributed by atoms with E-state index < -0.39 is 11.9 Å². The average Bonchev–Trinajstić information content (AvgIpc) is 2.94. The molecule has 0 bridgehead atoms. The number of fused-ring (bicyclic) bond motifs is 1. The molecule has 0 atom stereocenters. The Hall–Kier alpha value is -4.17. The Morgan fingerprint density at radius 1 is 0.821 bits per heavy atom. The number of hydrogen-bond donors (Lipinski definition) is 2. The number of nitrogens with one attached hydrogen (secondary N) is 2. The molecule has 2 amide bonds. The molecule has 0 aliphatic rings. The largest absolute Gasteiger partial charge is 0.457 e. The van der Waals surface area contributed by atoms with Crippen LogP contribution < -0.4 is 15.4 Å². The predicted octanol–water partition coefficient (Wildman–Crippen LogP) is 7.25. The van der Waals surface area contributed by atoms with Gasteiger partial charge in [0.15, 0.2) is 6.61 Å². The maximum Gasteiger partial charge on any atom is 0.306 e. The summed E-state index contributed by atoms with van der Waals surface area (Å²) in [6.45, 7) is 1.61. The minimum Gasteiger partial charge on any atom is -0.457 e. The first-order valence-corrected chi connectivity index (χ1v) is 13.5. The van der Waals surface area contributed by atoms with Crippen LogP contribution >= 0.6 is 15.9 Å². The smallest absolute Gasteiger partial charge is 0.306 e. The molecule has 0 fully saturated rings. The van der Waals surface area contributed by atoms with Crippen molar-refractivity contribution in [1.29, 1.82) is 0 Å². The molecule has 7 nitrogen and oxygen atoms in total. The van der Waals surface area contributed by atoms with Gasteiger partial charge in [-0.15, -0.1) is 0 Å². The molecule has 4 aromatic carbocycles. The molecule has 0 heterocycles. The maximum atomic E-state index is 12.3. The van der Waals surface area contributed by atoms with Gasteiger partial charge in [-0.1, -0.05) is 59.3 Å². The molecule has 0 aromatic heterocycles. The average molecular weight is 589 g/mol. The van der Waals surface area contributed by atoms with Gasteiger partial charge in [0.25, 0.3) is 5.91 Å². The molecule has 200 valence electrons. The molecule has 0 spiro atoms. The van der Waals surface area contributed by atoms with Crippen LogP contribution in [-0.4, -0.2) is 24.4 Å². The zero-order valence-electron chi connectivity index (χ0n) is 21.5. The van der Waals surface area contributed by atoms with Crippen molar-refractivity contribution >= 4 is 55.9 Å². The van der Waals surface area contributed by atoms with Crippen molar-refractivity contribution in [1.82, 2.24) is 0 Å². The molecule has 0 saturated heterocycles. The summed E-state index contributed by atoms with van der Waals surface area (Å²) in [4.78, 5) is 36.5. The highest BCUT2D eigenvalue weighted by Gasteiger charge is 2.12. The summed E-state index contributed by atoms with van der Waals surface area (Å²) in [6, 6.07) is 26.6. The van der Waals surface area contributed by atoms with Crippen LogP contribution in [0.2, 0.25) is 0 Å². The van der Waals surface area contributed by atoms with Gasteiger partial charge in [-0.3, -0.25) is 14.4 Å². The van der Waals surface area contributed by atoms with E-state index in [-0.39, 0.29) is 25.4 Å². The van der Waals surface area contributed by atoms with E-state index in [1.807, 2.05) is 61.5 Å². The number of hydrogen-bond acceptors (Lipinski definition) is 5. The highest BCUT2D eigenvalue weighted by molar-refractivity contribution is 9.10. The second-order valence-corrected chi connectivity index (χ2v) is 9.79. The van der Waals surface area contributed by atoms with Crippen molar-refractivity contribution in [2.45, 2.75) is 32.6 Å². The Kier molecular flexibility index (Phi) is 9.69. The zero-order chi connectivity index (χ0) is 27.6. The van der Waals surface area contributed by atoms with Crippen LogP contribution in [0, 0.1) is 0 Å². The molecule has 0 unspecified atom stereocenters. The van der Waals surface area contributed by atoms with E-state index in [9.17, 15) is 14.4 Å². The standard InChI is InChI=1S/C31H29BrN2O5/c1-2-21-19-23(32)13-18-27(21)34-30(36)20-38-31(37)12-6-11-29(35)33-24-14-16-25(17-15-24)39-28-10-5-8-22-7-3-4-9-26(22)28/h3-5,7-10,13-19H,2,6,11-12,20H2,1H3,(H,33,35)(H,34,36). The monoisotopic (exact) mass is 588 g/mol. The van der Waals surface area contributed by atoms with E-state index in [4.69, 9.17) is 9.47 Å². The Morgan fingerprint density at radius 3 is 2.38 bits per heavy atom. The predicted molar refractivity (Wildman–Crippen MR) is 156 cm³/mol. The second-order valence-electron chi connectivity index (χ2n) is 8.87. The number of anilines is 2. The van der Waals surface area contributed by atoms with Crippen LogP contribution in [0.1, 0.15) is 31.7 Å². The number of halogens is 1. The molecule has 0 aliphatic carbocycles. The van der Waals surface area contributed by atoms with Crippen LogP contribution in [0.15, 0.2) is 89.4 Å². The van der Waals surface area contributed by atoms with Crippen molar-refractivity contribution in [3.63, 3.8) is 0 Å². The fraction of sp³-hybridized carbons (Fsp3) is 0.194. The van der Waals surface area contributed by atoms with Crippen LogP contribution in [0.3, 0.4) is 0 Å². The summed E-state index contributed by atoms with van der Waals surface area (Å²) in [5.41, 5.74) is 2.29. The van der Waals surface area contributed by atoms with E-state index >= 15 is 0 Å². The van der Waals surface area contributed by atoms with Gasteiger partial charge in [-0.05, 0) is 72.3 Å². The Balaban J connectivity index is 1.16. The molecule has 0 saturated carbocycles. The Labute approximate surface area is 235 Å². The maximum absolute atomic E-state index is 12.3. The van der Waals surface area contributed by atoms with Crippen LogP contribution in [0.4, 0.5) is 11.4 Å². The van der Waals surface area contributed by atoms with Crippen molar-refractivity contribution in [2.75, 3.05) is 17.2 Å². The Bertz CT molecular complexity index is 1460. The van der Waals surface area contributed by atoms with E-state index in [0.717, 1.165) is 33.0 Å². The molecule has 2 N–H and O–H groups in total. The zero-order valence-corrected chi connectivity index (χ0v) is 23.1. The van der Waals surface area contributed by atoms with E-state index in [2.05, 4.69) is 26.6 Å². The van der Waals surface area contributed by atoms with Gasteiger partial charge in [0.1, 0.15) is 11.5 Å². The van der Waals surface area contributed by atoms with E-state index in [1.54, 1.807) is 30.3 Å². The summed E-state index contributed by atoms with van der Waals surface area (Å²) in [7, 11) is 0. The van der Waals surface area contributed by atoms with Crippen LogP contribution in [0.5, 0.6) is 11.5 Å². The van der Waals surface area contributed by atoms with Crippen LogP contribution in [-0.2, 0) is 25.5 Å². The third kappa shape index (κ3) is 8.15. The third-order valence-electron chi connectivity index (χ3n) is 5.99. The lowest BCUT2D eigenvalue weighted by Gasteiger charge is -2.11. The lowest BCUT2D eigenvalue weighted by Crippen LogP contribution is -2.21. The Morgan fingerprint density at radius 2 is 1.59 bits per heavy atom. The third-order valence-corrected chi connectivity index (χ3v) is 6.48. The van der Waals surface area contributed by atoms with Crippen LogP contribution in [0.25, 0.3) is 10.8 Å². The van der Waals surface area contributed by atoms with Crippen molar-refractivity contribution in [2.24, 2.45) is 0 Å². The lowest BCUT2D eigenvalue weighted by atomic mass is 10.1. The number of rotatable bonds is 11. The second kappa shape index (κ2) is 13.6. The van der Waals surface area contributed by atoms with Gasteiger partial charge < -0.3 is 20.1 Å². The lowest BCUT2D eigenvalue weighted by molar-refractivity contribution is -0.147. The van der Waals surface area contributed by atoms with Gasteiger partial charge >= 0.3 is 5.97 Å². The first kappa shape index (κ1) is 27.9. The van der Waals surface area contributed by atoms with Gasteiger partial charge in [-0.2, -0.15) is 0 Å². The molecule has 8 heteroatoms. The minimum absolute atomic E-state index is 0.0387. The van der Waals surface area contributed by atoms with E-state index in [1.165, 1.54) is 0 Å². The number of aryl methyl sites for hydroxylation is 1. The van der Waals surface area contributed by atoms with Crippen molar-refractivity contribution in [3.05, 3.63) is 95.0 Å². The van der Waals surface area contributed by atoms with Gasteiger partial charge in [0.2, 0.25) is 5.91 Å².